The largest absolute Gasteiger partial charge is 0.467 e. The van der Waals surface area contributed by atoms with Gasteiger partial charge in [0.1, 0.15) is 23.5 Å². The van der Waals surface area contributed by atoms with Gasteiger partial charge >= 0.3 is 5.69 Å². The van der Waals surface area contributed by atoms with Crippen LogP contribution in [0.1, 0.15) is 5.76 Å². The maximum Gasteiger partial charge on any atom is 0.332 e. The number of halogens is 1. The van der Waals surface area contributed by atoms with E-state index in [1.807, 2.05) is 0 Å². The molecule has 1 aromatic carbocycles. The molecular weight excluding hydrogens is 500 g/mol. The van der Waals surface area contributed by atoms with E-state index >= 15 is 0 Å². The molecule has 0 aliphatic heterocycles. The lowest BCUT2D eigenvalue weighted by atomic mass is 10.3. The van der Waals surface area contributed by atoms with E-state index < -0.39 is 29.6 Å². The van der Waals surface area contributed by atoms with Gasteiger partial charge in [0.2, 0.25) is 11.8 Å². The molecule has 0 unspecified atom stereocenters. The van der Waals surface area contributed by atoms with Gasteiger partial charge in [-0.1, -0.05) is 15.9 Å². The molecule has 0 saturated carbocycles. The lowest BCUT2D eigenvalue weighted by molar-refractivity contribution is -0.122. The molecule has 32 heavy (non-hydrogen) atoms. The van der Waals surface area contributed by atoms with Gasteiger partial charge in [0.15, 0.2) is 0 Å². The second-order valence-corrected chi connectivity index (χ2v) is 8.64. The van der Waals surface area contributed by atoms with Gasteiger partial charge in [-0.25, -0.2) is 9.36 Å². The fraction of sp³-hybridized carbons (Fsp3) is 0.143. The van der Waals surface area contributed by atoms with E-state index in [4.69, 9.17) is 4.42 Å². The number of aromatic nitrogens is 2. The first-order valence-electron chi connectivity index (χ1n) is 9.47. The Morgan fingerprint density at radius 1 is 1.00 bits per heavy atom. The van der Waals surface area contributed by atoms with E-state index in [1.54, 1.807) is 47.8 Å². The number of benzene rings is 1. The molecule has 2 amide bonds. The minimum atomic E-state index is -0.736. The predicted octanol–water partition coefficient (Wildman–Crippen LogP) is 2.54. The predicted molar refractivity (Wildman–Crippen MR) is 124 cm³/mol. The van der Waals surface area contributed by atoms with Gasteiger partial charge in [0.05, 0.1) is 18.3 Å². The van der Waals surface area contributed by atoms with Crippen molar-refractivity contribution in [3.05, 3.63) is 85.2 Å². The first-order valence-corrected chi connectivity index (χ1v) is 11.1. The number of hydrogen-bond acceptors (Lipinski definition) is 6. The van der Waals surface area contributed by atoms with E-state index in [0.717, 1.165) is 20.4 Å². The SMILES string of the molecule is O=C(Cn1c(=O)c2sccc2n(CC(=O)Nc2ccc(Br)cc2)c1=O)NCc1ccco1. The summed E-state index contributed by atoms with van der Waals surface area (Å²) in [4.78, 5) is 50.8. The number of thiophene rings is 1. The highest BCUT2D eigenvalue weighted by atomic mass is 79.9. The molecule has 0 spiro atoms. The van der Waals surface area contributed by atoms with Crippen molar-refractivity contribution in [3.8, 4) is 0 Å². The Kier molecular flexibility index (Phi) is 6.37. The number of nitrogens with zero attached hydrogens (tertiary/aromatic N) is 2. The number of hydrogen-bond donors (Lipinski definition) is 2. The zero-order valence-corrected chi connectivity index (χ0v) is 18.9. The number of anilines is 1. The highest BCUT2D eigenvalue weighted by Crippen LogP contribution is 2.16. The minimum absolute atomic E-state index is 0.131. The molecule has 2 N–H and O–H groups in total. The van der Waals surface area contributed by atoms with Gasteiger partial charge in [0, 0.05) is 10.2 Å². The van der Waals surface area contributed by atoms with Crippen LogP contribution in [0.2, 0.25) is 0 Å². The quantitative estimate of drug-likeness (QED) is 0.391. The van der Waals surface area contributed by atoms with Crippen LogP contribution >= 0.6 is 27.3 Å². The molecule has 3 aromatic heterocycles. The van der Waals surface area contributed by atoms with Crippen molar-refractivity contribution in [3.63, 3.8) is 0 Å². The number of furan rings is 1. The van der Waals surface area contributed by atoms with E-state index in [2.05, 4.69) is 26.6 Å². The van der Waals surface area contributed by atoms with Crippen molar-refractivity contribution in [1.82, 2.24) is 14.5 Å². The van der Waals surface area contributed by atoms with Crippen LogP contribution in [0.3, 0.4) is 0 Å². The van der Waals surface area contributed by atoms with Crippen LogP contribution in [0, 0.1) is 0 Å². The van der Waals surface area contributed by atoms with Gasteiger partial charge in [-0.3, -0.25) is 19.0 Å². The van der Waals surface area contributed by atoms with Gasteiger partial charge in [-0.2, -0.15) is 0 Å². The van der Waals surface area contributed by atoms with Crippen LogP contribution in [0.5, 0.6) is 0 Å². The summed E-state index contributed by atoms with van der Waals surface area (Å²) in [5.41, 5.74) is -0.389. The Hall–Kier alpha value is -3.44. The van der Waals surface area contributed by atoms with Crippen LogP contribution in [0.15, 0.2) is 72.6 Å². The summed E-state index contributed by atoms with van der Waals surface area (Å²) in [5, 5.41) is 6.99. The van der Waals surface area contributed by atoms with E-state index in [1.165, 1.54) is 10.8 Å². The minimum Gasteiger partial charge on any atom is -0.467 e. The average Bonchev–Trinajstić information content (AvgIpc) is 3.46. The van der Waals surface area contributed by atoms with Gasteiger partial charge < -0.3 is 15.1 Å². The Morgan fingerprint density at radius 3 is 2.47 bits per heavy atom. The summed E-state index contributed by atoms with van der Waals surface area (Å²) in [6.07, 6.45) is 1.48. The third-order valence-corrected chi connectivity index (χ3v) is 6.03. The Bertz CT molecular complexity index is 1390. The third kappa shape index (κ3) is 4.73. The number of amides is 2. The average molecular weight is 517 g/mol. The van der Waals surface area contributed by atoms with Crippen LogP contribution in [-0.2, 0) is 29.2 Å². The summed E-state index contributed by atoms with van der Waals surface area (Å²) in [6.45, 7) is -0.650. The van der Waals surface area contributed by atoms with Gasteiger partial charge in [-0.15, -0.1) is 11.3 Å². The third-order valence-electron chi connectivity index (χ3n) is 4.61. The highest BCUT2D eigenvalue weighted by molar-refractivity contribution is 9.10. The smallest absolute Gasteiger partial charge is 0.332 e. The monoisotopic (exact) mass is 516 g/mol. The van der Waals surface area contributed by atoms with Crippen molar-refractivity contribution in [2.75, 3.05) is 5.32 Å². The standard InChI is InChI=1S/C21H17BrN4O5S/c22-13-3-5-14(6-4-13)24-18(28)12-25-16-7-9-32-19(16)20(29)26(21(25)30)11-17(27)23-10-15-2-1-8-31-15/h1-9H,10-12H2,(H,23,27)(H,24,28). The van der Waals surface area contributed by atoms with Gasteiger partial charge in [-0.05, 0) is 47.8 Å². The van der Waals surface area contributed by atoms with Crippen LogP contribution < -0.4 is 21.9 Å². The molecule has 0 radical (unpaired) electrons. The van der Waals surface area contributed by atoms with Crippen LogP contribution in [-0.4, -0.2) is 20.9 Å². The molecule has 0 atom stereocenters. The molecular formula is C21H17BrN4O5S. The molecule has 0 aliphatic carbocycles. The number of rotatable bonds is 7. The van der Waals surface area contributed by atoms with Crippen molar-refractivity contribution < 1.29 is 14.0 Å². The Balaban J connectivity index is 1.58. The molecule has 9 nitrogen and oxygen atoms in total. The molecule has 3 heterocycles. The maximum atomic E-state index is 13.0. The number of carbonyl (C=O) groups excluding carboxylic acids is 2. The zero-order valence-electron chi connectivity index (χ0n) is 16.5. The molecule has 0 fully saturated rings. The topological polar surface area (TPSA) is 115 Å². The fourth-order valence-corrected chi connectivity index (χ4v) is 4.21. The molecule has 4 aromatic rings. The molecule has 0 aliphatic rings. The summed E-state index contributed by atoms with van der Waals surface area (Å²) >= 11 is 4.47. The van der Waals surface area contributed by atoms with Crippen molar-refractivity contribution in [2.24, 2.45) is 0 Å². The normalized spacial score (nSPS) is 10.9. The first-order chi connectivity index (χ1) is 15.4. The van der Waals surface area contributed by atoms with Gasteiger partial charge in [0.25, 0.3) is 5.56 Å². The lowest BCUT2D eigenvalue weighted by Crippen LogP contribution is -2.44. The number of nitrogens with one attached hydrogen (secondary N) is 2. The lowest BCUT2D eigenvalue weighted by Gasteiger charge is -2.12. The molecule has 11 heteroatoms. The van der Waals surface area contributed by atoms with E-state index in [9.17, 15) is 19.2 Å². The number of carbonyl (C=O) groups is 2. The maximum absolute atomic E-state index is 13.0. The second-order valence-electron chi connectivity index (χ2n) is 6.81. The Labute approximate surface area is 193 Å². The summed E-state index contributed by atoms with van der Waals surface area (Å²) in [6, 6.07) is 12.0. The molecule has 0 saturated heterocycles. The van der Waals surface area contributed by atoms with Crippen molar-refractivity contribution in [2.45, 2.75) is 19.6 Å². The number of fused-ring (bicyclic) bond motifs is 1. The molecule has 164 valence electrons. The Morgan fingerprint density at radius 2 is 1.75 bits per heavy atom. The zero-order chi connectivity index (χ0) is 22.7. The van der Waals surface area contributed by atoms with Crippen LogP contribution in [0.4, 0.5) is 5.69 Å². The first kappa shape index (κ1) is 21.8. The summed E-state index contributed by atoms with van der Waals surface area (Å²) < 4.78 is 8.34. The van der Waals surface area contributed by atoms with Crippen molar-refractivity contribution in [1.29, 1.82) is 0 Å². The van der Waals surface area contributed by atoms with E-state index in [0.29, 0.717) is 21.7 Å². The fourth-order valence-electron chi connectivity index (χ4n) is 3.10. The second kappa shape index (κ2) is 9.37. The molecule has 4 rings (SSSR count). The van der Waals surface area contributed by atoms with Crippen molar-refractivity contribution >= 4 is 55.0 Å². The highest BCUT2D eigenvalue weighted by Gasteiger charge is 2.18. The summed E-state index contributed by atoms with van der Waals surface area (Å²) in [5.74, 6) is -0.418. The van der Waals surface area contributed by atoms with Crippen LogP contribution in [0.25, 0.3) is 10.2 Å². The summed E-state index contributed by atoms with van der Waals surface area (Å²) in [7, 11) is 0. The van der Waals surface area contributed by atoms with E-state index in [-0.39, 0.29) is 13.1 Å². The molecule has 0 bridgehead atoms.